The van der Waals surface area contributed by atoms with Crippen LogP contribution in [0.15, 0.2) is 17.1 Å². The molecule has 1 aromatic rings. The molecule has 0 bridgehead atoms. The van der Waals surface area contributed by atoms with Crippen LogP contribution in [0.3, 0.4) is 0 Å². The molecule has 26 heavy (non-hydrogen) atoms. The van der Waals surface area contributed by atoms with Crippen LogP contribution in [-0.2, 0) is 11.3 Å². The van der Waals surface area contributed by atoms with E-state index in [4.69, 9.17) is 30.8 Å². The maximum atomic E-state index is 6.26. The Kier molecular flexibility index (Phi) is 6.86. The quantitative estimate of drug-likeness (QED) is 0.605. The minimum atomic E-state index is 0.222. The van der Waals surface area contributed by atoms with Gasteiger partial charge in [0.05, 0.1) is 11.6 Å². The highest BCUT2D eigenvalue weighted by atomic mass is 35.5. The van der Waals surface area contributed by atoms with E-state index in [9.17, 15) is 0 Å². The average molecular weight is 382 g/mol. The first-order chi connectivity index (χ1) is 12.7. The monoisotopic (exact) mass is 381 g/mol. The van der Waals surface area contributed by atoms with E-state index in [0.29, 0.717) is 23.1 Å². The summed E-state index contributed by atoms with van der Waals surface area (Å²) in [7, 11) is 2.09. The standard InChI is InChI=1S/C19H28ClN3O3/c1-3-21-19(23(2)7-4-14-5-8-24-9-6-14)22-12-15-10-16(20)18-17(11-15)25-13-26-18/h10-11,14H,3-9,12-13H2,1-2H3,(H,21,22). The first-order valence-electron chi connectivity index (χ1n) is 9.32. The molecule has 0 aliphatic carbocycles. The highest BCUT2D eigenvalue weighted by Gasteiger charge is 2.19. The maximum absolute atomic E-state index is 6.26. The summed E-state index contributed by atoms with van der Waals surface area (Å²) < 4.78 is 16.2. The highest BCUT2D eigenvalue weighted by molar-refractivity contribution is 6.32. The largest absolute Gasteiger partial charge is 0.454 e. The van der Waals surface area contributed by atoms with E-state index in [2.05, 4.69) is 24.2 Å². The Morgan fingerprint density at radius 1 is 1.31 bits per heavy atom. The molecule has 2 aliphatic rings. The zero-order valence-corrected chi connectivity index (χ0v) is 16.3. The number of aliphatic imine (C=N–C) groups is 1. The van der Waals surface area contributed by atoms with Gasteiger partial charge < -0.3 is 24.4 Å². The number of benzene rings is 1. The molecule has 7 heteroatoms. The Morgan fingerprint density at radius 3 is 2.88 bits per heavy atom. The minimum Gasteiger partial charge on any atom is -0.454 e. The Morgan fingerprint density at radius 2 is 2.12 bits per heavy atom. The molecular weight excluding hydrogens is 354 g/mol. The summed E-state index contributed by atoms with van der Waals surface area (Å²) in [6.45, 7) is 6.46. The van der Waals surface area contributed by atoms with Crippen molar-refractivity contribution in [1.82, 2.24) is 10.2 Å². The van der Waals surface area contributed by atoms with Gasteiger partial charge in [0.1, 0.15) is 0 Å². The van der Waals surface area contributed by atoms with Crippen molar-refractivity contribution in [1.29, 1.82) is 0 Å². The Labute approximate surface area is 160 Å². The molecule has 1 fully saturated rings. The summed E-state index contributed by atoms with van der Waals surface area (Å²) in [5.41, 5.74) is 1.01. The highest BCUT2D eigenvalue weighted by Crippen LogP contribution is 2.39. The molecule has 0 aromatic heterocycles. The second-order valence-electron chi connectivity index (χ2n) is 6.75. The van der Waals surface area contributed by atoms with Gasteiger partial charge in [-0.2, -0.15) is 0 Å². The van der Waals surface area contributed by atoms with Crippen LogP contribution in [-0.4, -0.2) is 51.0 Å². The normalized spacial score (nSPS) is 17.4. The third-order valence-corrected chi connectivity index (χ3v) is 5.09. The third-order valence-electron chi connectivity index (χ3n) is 4.81. The lowest BCUT2D eigenvalue weighted by molar-refractivity contribution is 0.0625. The van der Waals surface area contributed by atoms with E-state index in [-0.39, 0.29) is 6.79 Å². The van der Waals surface area contributed by atoms with Crippen LogP contribution in [0.1, 0.15) is 31.7 Å². The van der Waals surface area contributed by atoms with Crippen LogP contribution >= 0.6 is 11.6 Å². The second kappa shape index (κ2) is 9.33. The SMILES string of the molecule is CCNC(=NCc1cc(Cl)c2c(c1)OCO2)N(C)CCC1CCOCC1. The van der Waals surface area contributed by atoms with Gasteiger partial charge in [0.15, 0.2) is 17.5 Å². The Balaban J connectivity index is 1.60. The summed E-state index contributed by atoms with van der Waals surface area (Å²) >= 11 is 6.26. The van der Waals surface area contributed by atoms with Gasteiger partial charge in [0, 0.05) is 33.4 Å². The molecule has 0 unspecified atom stereocenters. The molecule has 144 valence electrons. The lowest BCUT2D eigenvalue weighted by atomic mass is 9.96. The summed E-state index contributed by atoms with van der Waals surface area (Å²) in [5.74, 6) is 2.98. The van der Waals surface area contributed by atoms with Crippen LogP contribution < -0.4 is 14.8 Å². The molecule has 0 saturated carbocycles. The van der Waals surface area contributed by atoms with Crippen LogP contribution in [0.2, 0.25) is 5.02 Å². The minimum absolute atomic E-state index is 0.222. The van der Waals surface area contributed by atoms with E-state index in [1.165, 1.54) is 6.42 Å². The van der Waals surface area contributed by atoms with Crippen LogP contribution in [0.5, 0.6) is 11.5 Å². The molecule has 0 spiro atoms. The van der Waals surface area contributed by atoms with Crippen molar-refractivity contribution >= 4 is 17.6 Å². The van der Waals surface area contributed by atoms with Crippen molar-refractivity contribution < 1.29 is 14.2 Å². The summed E-state index contributed by atoms with van der Waals surface area (Å²) in [4.78, 5) is 6.97. The fourth-order valence-corrected chi connectivity index (χ4v) is 3.55. The van der Waals surface area contributed by atoms with Gasteiger partial charge in [0.25, 0.3) is 0 Å². The summed E-state index contributed by atoms with van der Waals surface area (Å²) in [5, 5.41) is 3.94. The first-order valence-corrected chi connectivity index (χ1v) is 9.70. The van der Waals surface area contributed by atoms with Crippen LogP contribution in [0.4, 0.5) is 0 Å². The van der Waals surface area contributed by atoms with Crippen LogP contribution in [0, 0.1) is 5.92 Å². The zero-order valence-electron chi connectivity index (χ0n) is 15.6. The van der Waals surface area contributed by atoms with Gasteiger partial charge in [-0.05, 0) is 49.8 Å². The Bertz CT molecular complexity index is 633. The topological polar surface area (TPSA) is 55.3 Å². The Hall–Kier alpha value is -1.66. The van der Waals surface area contributed by atoms with Crippen LogP contribution in [0.25, 0.3) is 0 Å². The van der Waals surface area contributed by atoms with Gasteiger partial charge >= 0.3 is 0 Å². The molecule has 3 rings (SSSR count). The first kappa shape index (κ1) is 19.1. The number of fused-ring (bicyclic) bond motifs is 1. The average Bonchev–Trinajstić information content (AvgIpc) is 3.13. The van der Waals surface area contributed by atoms with Gasteiger partial charge in [-0.3, -0.25) is 0 Å². The van der Waals surface area contributed by atoms with Crippen molar-refractivity contribution in [3.63, 3.8) is 0 Å². The number of ether oxygens (including phenoxy) is 3. The number of halogens is 1. The van der Waals surface area contributed by atoms with Gasteiger partial charge in [-0.25, -0.2) is 4.99 Å². The number of guanidine groups is 1. The number of hydrogen-bond acceptors (Lipinski definition) is 4. The molecule has 1 aromatic carbocycles. The van der Waals surface area contributed by atoms with E-state index in [1.54, 1.807) is 0 Å². The fourth-order valence-electron chi connectivity index (χ4n) is 3.27. The molecule has 6 nitrogen and oxygen atoms in total. The maximum Gasteiger partial charge on any atom is 0.231 e. The summed E-state index contributed by atoms with van der Waals surface area (Å²) in [6, 6.07) is 3.84. The zero-order chi connectivity index (χ0) is 18.4. The van der Waals surface area contributed by atoms with Crippen molar-refractivity contribution in [3.05, 3.63) is 22.7 Å². The summed E-state index contributed by atoms with van der Waals surface area (Å²) in [6.07, 6.45) is 3.49. The lowest BCUT2D eigenvalue weighted by Gasteiger charge is -2.26. The molecule has 0 amide bonds. The molecule has 1 saturated heterocycles. The van der Waals surface area contributed by atoms with Gasteiger partial charge in [0.2, 0.25) is 6.79 Å². The molecule has 1 N–H and O–H groups in total. The van der Waals surface area contributed by atoms with Crippen molar-refractivity contribution in [2.45, 2.75) is 32.7 Å². The van der Waals surface area contributed by atoms with Gasteiger partial charge in [-0.15, -0.1) is 0 Å². The van der Waals surface area contributed by atoms with E-state index in [0.717, 1.165) is 56.6 Å². The van der Waals surface area contributed by atoms with Crippen molar-refractivity contribution in [3.8, 4) is 11.5 Å². The third kappa shape index (κ3) is 4.95. The fraction of sp³-hybridized carbons (Fsp3) is 0.632. The van der Waals surface area contributed by atoms with Crippen molar-refractivity contribution in [2.75, 3.05) is 40.1 Å². The second-order valence-corrected chi connectivity index (χ2v) is 7.15. The van der Waals surface area contributed by atoms with E-state index >= 15 is 0 Å². The number of nitrogens with one attached hydrogen (secondary N) is 1. The molecule has 2 heterocycles. The predicted octanol–water partition coefficient (Wildman–Crippen LogP) is 3.28. The van der Waals surface area contributed by atoms with E-state index < -0.39 is 0 Å². The number of rotatable bonds is 6. The lowest BCUT2D eigenvalue weighted by Crippen LogP contribution is -2.40. The molecule has 2 aliphatic heterocycles. The van der Waals surface area contributed by atoms with Crippen molar-refractivity contribution in [2.24, 2.45) is 10.9 Å². The molecule has 0 radical (unpaired) electrons. The van der Waals surface area contributed by atoms with E-state index in [1.807, 2.05) is 12.1 Å². The smallest absolute Gasteiger partial charge is 0.231 e. The number of nitrogens with zero attached hydrogens (tertiary/aromatic N) is 2. The number of hydrogen-bond donors (Lipinski definition) is 1. The molecular formula is C19H28ClN3O3. The predicted molar refractivity (Wildman–Crippen MR) is 103 cm³/mol. The van der Waals surface area contributed by atoms with Gasteiger partial charge in [-0.1, -0.05) is 11.6 Å². The molecule has 0 atom stereocenters.